The SMILES string of the molecule is CO[C@H](C)CN(CCCCc1ccc2c(n1)NCCC2)CC[C@H](Nc1ccnc(-c2ccccc2)n1)C(=O)O. The van der Waals surface area contributed by atoms with E-state index in [9.17, 15) is 9.90 Å². The molecule has 208 valence electrons. The maximum Gasteiger partial charge on any atom is 0.326 e. The highest BCUT2D eigenvalue weighted by Crippen LogP contribution is 2.21. The van der Waals surface area contributed by atoms with Crippen LogP contribution in [0.5, 0.6) is 0 Å². The molecule has 1 aliphatic rings. The molecule has 0 aliphatic carbocycles. The number of benzene rings is 1. The number of methoxy groups -OCH3 is 1. The summed E-state index contributed by atoms with van der Waals surface area (Å²) in [6, 6.07) is 14.9. The number of hydrogen-bond acceptors (Lipinski definition) is 8. The van der Waals surface area contributed by atoms with Crippen molar-refractivity contribution in [2.45, 2.75) is 57.6 Å². The molecule has 0 saturated carbocycles. The minimum atomic E-state index is -0.901. The zero-order valence-electron chi connectivity index (χ0n) is 23.0. The summed E-state index contributed by atoms with van der Waals surface area (Å²) in [5.74, 6) is 1.20. The van der Waals surface area contributed by atoms with E-state index in [0.717, 1.165) is 68.8 Å². The Morgan fingerprint density at radius 3 is 2.77 bits per heavy atom. The summed E-state index contributed by atoms with van der Waals surface area (Å²) in [6.07, 6.45) is 7.36. The van der Waals surface area contributed by atoms with Crippen LogP contribution in [0.15, 0.2) is 54.7 Å². The van der Waals surface area contributed by atoms with Crippen LogP contribution in [0.25, 0.3) is 11.4 Å². The third kappa shape index (κ3) is 8.73. The van der Waals surface area contributed by atoms with Gasteiger partial charge in [0.15, 0.2) is 5.82 Å². The van der Waals surface area contributed by atoms with Gasteiger partial charge in [-0.15, -0.1) is 0 Å². The zero-order chi connectivity index (χ0) is 27.5. The third-order valence-corrected chi connectivity index (χ3v) is 7.07. The standard InChI is InChI=1S/C30H40N6O3/c1-22(39-2)21-36(19-7-6-12-25-14-13-24-11-8-17-31-28(24)33-25)20-16-26(30(37)38)34-27-15-18-32-29(35-27)23-9-4-3-5-10-23/h3-5,9-10,13-15,18,22,26H,6-8,11-12,16-17,19-21H2,1-2H3,(H,31,33)(H,37,38)(H,32,34,35)/t22-,26+/m1/s1. The molecule has 0 spiro atoms. The van der Waals surface area contributed by atoms with Gasteiger partial charge in [0.25, 0.3) is 0 Å². The number of aromatic nitrogens is 3. The molecule has 9 nitrogen and oxygen atoms in total. The minimum absolute atomic E-state index is 0.0601. The zero-order valence-corrected chi connectivity index (χ0v) is 23.0. The smallest absolute Gasteiger partial charge is 0.326 e. The molecule has 3 aromatic rings. The summed E-state index contributed by atoms with van der Waals surface area (Å²) in [5.41, 5.74) is 3.31. The van der Waals surface area contributed by atoms with Crippen molar-refractivity contribution in [3.63, 3.8) is 0 Å². The number of pyridine rings is 1. The quantitative estimate of drug-likeness (QED) is 0.243. The maximum absolute atomic E-state index is 12.1. The van der Waals surface area contributed by atoms with Crippen LogP contribution in [-0.2, 0) is 22.4 Å². The van der Waals surface area contributed by atoms with E-state index >= 15 is 0 Å². The molecule has 0 unspecified atom stereocenters. The number of rotatable bonds is 15. The predicted molar refractivity (Wildman–Crippen MR) is 154 cm³/mol. The number of ether oxygens (including phenoxy) is 1. The average molecular weight is 533 g/mol. The van der Waals surface area contributed by atoms with Crippen LogP contribution < -0.4 is 10.6 Å². The van der Waals surface area contributed by atoms with Gasteiger partial charge in [0.2, 0.25) is 0 Å². The largest absolute Gasteiger partial charge is 0.480 e. The first kappa shape index (κ1) is 28.4. The van der Waals surface area contributed by atoms with Gasteiger partial charge in [-0.05, 0) is 69.7 Å². The Kier molecular flexibility index (Phi) is 10.6. The maximum atomic E-state index is 12.1. The number of carboxylic acid groups (broad SMARTS) is 1. The Balaban J connectivity index is 1.30. The topological polar surface area (TPSA) is 113 Å². The lowest BCUT2D eigenvalue weighted by Crippen LogP contribution is -2.38. The van der Waals surface area contributed by atoms with Crippen LogP contribution in [-0.4, -0.2) is 76.4 Å². The van der Waals surface area contributed by atoms with Gasteiger partial charge in [-0.1, -0.05) is 36.4 Å². The molecule has 0 radical (unpaired) electrons. The van der Waals surface area contributed by atoms with Gasteiger partial charge in [0.05, 0.1) is 6.10 Å². The highest BCUT2D eigenvalue weighted by molar-refractivity contribution is 5.77. The van der Waals surface area contributed by atoms with Crippen molar-refractivity contribution in [3.8, 4) is 11.4 Å². The molecule has 2 atom stereocenters. The fourth-order valence-corrected chi connectivity index (χ4v) is 4.80. The number of nitrogens with zero attached hydrogens (tertiary/aromatic N) is 4. The van der Waals surface area contributed by atoms with E-state index in [0.29, 0.717) is 24.6 Å². The molecule has 9 heteroatoms. The molecular weight excluding hydrogens is 492 g/mol. The minimum Gasteiger partial charge on any atom is -0.480 e. The highest BCUT2D eigenvalue weighted by atomic mass is 16.5. The molecule has 3 heterocycles. The van der Waals surface area contributed by atoms with Gasteiger partial charge in [0.1, 0.15) is 17.7 Å². The Labute approximate surface area is 231 Å². The summed E-state index contributed by atoms with van der Waals surface area (Å²) in [4.78, 5) is 28.1. The molecule has 0 fully saturated rings. The van der Waals surface area contributed by atoms with E-state index in [1.54, 1.807) is 19.4 Å². The first-order chi connectivity index (χ1) is 19.0. The summed E-state index contributed by atoms with van der Waals surface area (Å²) in [6.45, 7) is 5.28. The van der Waals surface area contributed by atoms with Crippen LogP contribution in [0.3, 0.4) is 0 Å². The number of anilines is 2. The van der Waals surface area contributed by atoms with Crippen molar-refractivity contribution in [3.05, 3.63) is 66.0 Å². The molecule has 1 aliphatic heterocycles. The van der Waals surface area contributed by atoms with Gasteiger partial charge in [-0.3, -0.25) is 0 Å². The summed E-state index contributed by atoms with van der Waals surface area (Å²) in [5, 5.41) is 16.4. The predicted octanol–water partition coefficient (Wildman–Crippen LogP) is 4.51. The van der Waals surface area contributed by atoms with E-state index < -0.39 is 12.0 Å². The normalized spacial score (nSPS) is 14.3. The molecular formula is C30H40N6O3. The van der Waals surface area contributed by atoms with Gasteiger partial charge < -0.3 is 25.4 Å². The lowest BCUT2D eigenvalue weighted by atomic mass is 10.1. The lowest BCUT2D eigenvalue weighted by molar-refractivity contribution is -0.138. The highest BCUT2D eigenvalue weighted by Gasteiger charge is 2.20. The van der Waals surface area contributed by atoms with E-state index in [1.165, 1.54) is 5.56 Å². The molecule has 0 bridgehead atoms. The van der Waals surface area contributed by atoms with E-state index in [4.69, 9.17) is 9.72 Å². The van der Waals surface area contributed by atoms with Crippen LogP contribution in [0.2, 0.25) is 0 Å². The van der Waals surface area contributed by atoms with Gasteiger partial charge >= 0.3 is 5.97 Å². The number of carboxylic acids is 1. The number of aryl methyl sites for hydroxylation is 2. The number of aliphatic carboxylic acids is 1. The first-order valence-electron chi connectivity index (χ1n) is 13.9. The molecule has 2 aromatic heterocycles. The van der Waals surface area contributed by atoms with Crippen molar-refractivity contribution in [1.82, 2.24) is 19.9 Å². The number of nitrogens with one attached hydrogen (secondary N) is 2. The van der Waals surface area contributed by atoms with Crippen LogP contribution >= 0.6 is 0 Å². The summed E-state index contributed by atoms with van der Waals surface area (Å²) >= 11 is 0. The number of fused-ring (bicyclic) bond motifs is 1. The Morgan fingerprint density at radius 1 is 1.13 bits per heavy atom. The van der Waals surface area contributed by atoms with Crippen molar-refractivity contribution < 1.29 is 14.6 Å². The monoisotopic (exact) mass is 532 g/mol. The average Bonchev–Trinajstić information content (AvgIpc) is 2.97. The van der Waals surface area contributed by atoms with Gasteiger partial charge in [0, 0.05) is 44.2 Å². The summed E-state index contributed by atoms with van der Waals surface area (Å²) < 4.78 is 5.51. The molecule has 0 saturated heterocycles. The second kappa shape index (κ2) is 14.6. The molecule has 3 N–H and O–H groups in total. The second-order valence-electron chi connectivity index (χ2n) is 10.1. The molecule has 1 aromatic carbocycles. The second-order valence-corrected chi connectivity index (χ2v) is 10.1. The van der Waals surface area contributed by atoms with Crippen molar-refractivity contribution in [2.75, 3.05) is 43.9 Å². The Hall–Kier alpha value is -3.56. The molecule has 4 rings (SSSR count). The Bertz CT molecular complexity index is 1190. The number of carbonyl (C=O) groups is 1. The number of hydrogen-bond donors (Lipinski definition) is 3. The van der Waals surface area contributed by atoms with Crippen LogP contribution in [0.4, 0.5) is 11.6 Å². The fraction of sp³-hybridized carbons (Fsp3) is 0.467. The van der Waals surface area contributed by atoms with E-state index in [2.05, 4.69) is 37.6 Å². The van der Waals surface area contributed by atoms with Gasteiger partial charge in [-0.2, -0.15) is 0 Å². The Morgan fingerprint density at radius 2 is 1.97 bits per heavy atom. The molecule has 39 heavy (non-hydrogen) atoms. The van der Waals surface area contributed by atoms with Crippen LogP contribution in [0.1, 0.15) is 43.9 Å². The van der Waals surface area contributed by atoms with Crippen molar-refractivity contribution in [2.24, 2.45) is 0 Å². The van der Waals surface area contributed by atoms with Crippen molar-refractivity contribution in [1.29, 1.82) is 0 Å². The number of unbranched alkanes of at least 4 members (excludes halogenated alkanes) is 1. The fourth-order valence-electron chi connectivity index (χ4n) is 4.80. The first-order valence-corrected chi connectivity index (χ1v) is 13.9. The lowest BCUT2D eigenvalue weighted by Gasteiger charge is -2.27. The van der Waals surface area contributed by atoms with Gasteiger partial charge in [-0.25, -0.2) is 19.7 Å². The van der Waals surface area contributed by atoms with E-state index in [1.807, 2.05) is 37.3 Å². The van der Waals surface area contributed by atoms with Crippen molar-refractivity contribution >= 4 is 17.6 Å². The van der Waals surface area contributed by atoms with Crippen LogP contribution in [0, 0.1) is 0 Å². The molecule has 0 amide bonds. The van der Waals surface area contributed by atoms with E-state index in [-0.39, 0.29) is 6.10 Å². The summed E-state index contributed by atoms with van der Waals surface area (Å²) in [7, 11) is 1.71. The third-order valence-electron chi connectivity index (χ3n) is 7.07.